The fourth-order valence-electron chi connectivity index (χ4n) is 2.10. The van der Waals surface area contributed by atoms with Crippen molar-refractivity contribution in [2.45, 2.75) is 13.5 Å². The number of halogens is 1. The highest BCUT2D eigenvalue weighted by Gasteiger charge is 2.17. The molecule has 0 unspecified atom stereocenters. The molecule has 0 aliphatic rings. The third-order valence-corrected chi connectivity index (χ3v) is 3.57. The standard InChI is InChI=1S/C17H17ClN2O3/c1-3-20(11-12-5-4-6-14(18)9-12)16(21)15-8-7-13(10-19-15)17(22)23-2/h4-10H,3,11H2,1-2H3. The molecule has 6 heteroatoms. The molecule has 2 aromatic rings. The van der Waals surface area contributed by atoms with Gasteiger partial charge in [0.2, 0.25) is 0 Å². The SMILES string of the molecule is CCN(Cc1cccc(Cl)c1)C(=O)c1ccc(C(=O)OC)cn1. The zero-order valence-corrected chi connectivity index (χ0v) is 13.7. The van der Waals surface area contributed by atoms with Gasteiger partial charge < -0.3 is 9.64 Å². The number of methoxy groups -OCH3 is 1. The molecule has 1 aromatic carbocycles. The Morgan fingerprint density at radius 1 is 1.26 bits per heavy atom. The van der Waals surface area contributed by atoms with E-state index in [0.29, 0.717) is 23.7 Å². The molecular formula is C17H17ClN2O3. The van der Waals surface area contributed by atoms with E-state index in [9.17, 15) is 9.59 Å². The number of amides is 1. The van der Waals surface area contributed by atoms with E-state index in [-0.39, 0.29) is 11.6 Å². The minimum Gasteiger partial charge on any atom is -0.465 e. The van der Waals surface area contributed by atoms with Gasteiger partial charge in [-0.25, -0.2) is 4.79 Å². The lowest BCUT2D eigenvalue weighted by atomic mass is 10.2. The third-order valence-electron chi connectivity index (χ3n) is 3.34. The highest BCUT2D eigenvalue weighted by molar-refractivity contribution is 6.30. The van der Waals surface area contributed by atoms with Crippen LogP contribution in [-0.2, 0) is 11.3 Å². The Morgan fingerprint density at radius 2 is 2.04 bits per heavy atom. The molecule has 0 fully saturated rings. The Labute approximate surface area is 139 Å². The summed E-state index contributed by atoms with van der Waals surface area (Å²) in [5, 5.41) is 0.631. The summed E-state index contributed by atoms with van der Waals surface area (Å²) in [4.78, 5) is 29.6. The van der Waals surface area contributed by atoms with Crippen LogP contribution in [0.1, 0.15) is 33.3 Å². The molecule has 0 aliphatic heterocycles. The number of aromatic nitrogens is 1. The smallest absolute Gasteiger partial charge is 0.339 e. The minimum absolute atomic E-state index is 0.205. The van der Waals surface area contributed by atoms with Crippen molar-refractivity contribution in [1.82, 2.24) is 9.88 Å². The zero-order chi connectivity index (χ0) is 16.8. The number of benzene rings is 1. The number of pyridine rings is 1. The van der Waals surface area contributed by atoms with E-state index in [1.54, 1.807) is 11.0 Å². The molecule has 23 heavy (non-hydrogen) atoms. The van der Waals surface area contributed by atoms with Crippen LogP contribution >= 0.6 is 11.6 Å². The van der Waals surface area contributed by atoms with Gasteiger partial charge in [0.05, 0.1) is 12.7 Å². The van der Waals surface area contributed by atoms with Crippen LogP contribution in [0, 0.1) is 0 Å². The predicted octanol–water partition coefficient (Wildman–Crippen LogP) is 3.18. The molecule has 1 amide bonds. The van der Waals surface area contributed by atoms with Gasteiger partial charge >= 0.3 is 5.97 Å². The van der Waals surface area contributed by atoms with E-state index in [1.807, 2.05) is 25.1 Å². The van der Waals surface area contributed by atoms with Crippen LogP contribution in [0.15, 0.2) is 42.6 Å². The maximum atomic E-state index is 12.5. The van der Waals surface area contributed by atoms with Gasteiger partial charge in [0.1, 0.15) is 5.69 Å². The monoisotopic (exact) mass is 332 g/mol. The first kappa shape index (κ1) is 17.0. The summed E-state index contributed by atoms with van der Waals surface area (Å²) in [6, 6.07) is 10.4. The molecule has 0 atom stereocenters. The van der Waals surface area contributed by atoms with E-state index in [0.717, 1.165) is 5.56 Å². The topological polar surface area (TPSA) is 59.5 Å². The van der Waals surface area contributed by atoms with Crippen LogP contribution in [0.25, 0.3) is 0 Å². The lowest BCUT2D eigenvalue weighted by molar-refractivity contribution is 0.0599. The Morgan fingerprint density at radius 3 is 2.61 bits per heavy atom. The number of hydrogen-bond donors (Lipinski definition) is 0. The largest absolute Gasteiger partial charge is 0.465 e. The first-order valence-corrected chi connectivity index (χ1v) is 7.51. The molecule has 0 bridgehead atoms. The van der Waals surface area contributed by atoms with Crippen molar-refractivity contribution in [1.29, 1.82) is 0 Å². The fourth-order valence-corrected chi connectivity index (χ4v) is 2.32. The Kier molecular flexibility index (Phi) is 5.71. The van der Waals surface area contributed by atoms with Crippen molar-refractivity contribution in [3.8, 4) is 0 Å². The summed E-state index contributed by atoms with van der Waals surface area (Å²) in [5.41, 5.74) is 1.53. The molecule has 1 heterocycles. The van der Waals surface area contributed by atoms with Crippen LogP contribution in [-0.4, -0.2) is 35.4 Å². The quantitative estimate of drug-likeness (QED) is 0.789. The van der Waals surface area contributed by atoms with Gasteiger partial charge in [-0.05, 0) is 36.8 Å². The number of carbonyl (C=O) groups excluding carboxylic acids is 2. The predicted molar refractivity (Wildman–Crippen MR) is 87.4 cm³/mol. The van der Waals surface area contributed by atoms with E-state index in [2.05, 4.69) is 9.72 Å². The second-order valence-electron chi connectivity index (χ2n) is 4.87. The van der Waals surface area contributed by atoms with Gasteiger partial charge in [0, 0.05) is 24.3 Å². The summed E-state index contributed by atoms with van der Waals surface area (Å²) >= 11 is 5.97. The van der Waals surface area contributed by atoms with E-state index < -0.39 is 5.97 Å². The van der Waals surface area contributed by atoms with Gasteiger partial charge in [0.15, 0.2) is 0 Å². The average molecular weight is 333 g/mol. The van der Waals surface area contributed by atoms with Crippen LogP contribution in [0.3, 0.4) is 0 Å². The van der Waals surface area contributed by atoms with Crippen molar-refractivity contribution in [3.05, 3.63) is 64.4 Å². The van der Waals surface area contributed by atoms with Crippen molar-refractivity contribution in [2.24, 2.45) is 0 Å². The molecule has 0 N–H and O–H groups in total. The zero-order valence-electron chi connectivity index (χ0n) is 13.0. The fraction of sp³-hybridized carbons (Fsp3) is 0.235. The Hall–Kier alpha value is -2.40. The molecule has 0 radical (unpaired) electrons. The van der Waals surface area contributed by atoms with E-state index >= 15 is 0 Å². The van der Waals surface area contributed by atoms with Crippen LogP contribution in [0.4, 0.5) is 0 Å². The molecule has 2 rings (SSSR count). The number of carbonyl (C=O) groups is 2. The summed E-state index contributed by atoms with van der Waals surface area (Å²) < 4.78 is 4.61. The first-order valence-electron chi connectivity index (χ1n) is 7.13. The van der Waals surface area contributed by atoms with Crippen LogP contribution in [0.5, 0.6) is 0 Å². The van der Waals surface area contributed by atoms with Crippen LogP contribution < -0.4 is 0 Å². The first-order chi connectivity index (χ1) is 11.0. The molecule has 0 spiro atoms. The second-order valence-corrected chi connectivity index (χ2v) is 5.31. The molecular weight excluding hydrogens is 316 g/mol. The Balaban J connectivity index is 2.14. The highest BCUT2D eigenvalue weighted by atomic mass is 35.5. The summed E-state index contributed by atoms with van der Waals surface area (Å²) in [5.74, 6) is -0.688. The number of hydrogen-bond acceptors (Lipinski definition) is 4. The number of ether oxygens (including phenoxy) is 1. The normalized spacial score (nSPS) is 10.2. The summed E-state index contributed by atoms with van der Waals surface area (Å²) in [7, 11) is 1.30. The van der Waals surface area contributed by atoms with Crippen molar-refractivity contribution < 1.29 is 14.3 Å². The number of nitrogens with zero attached hydrogens (tertiary/aromatic N) is 2. The second kappa shape index (κ2) is 7.74. The van der Waals surface area contributed by atoms with Crippen LogP contribution in [0.2, 0.25) is 5.02 Å². The number of rotatable bonds is 5. The van der Waals surface area contributed by atoms with Gasteiger partial charge in [-0.3, -0.25) is 9.78 Å². The highest BCUT2D eigenvalue weighted by Crippen LogP contribution is 2.14. The molecule has 5 nitrogen and oxygen atoms in total. The maximum Gasteiger partial charge on any atom is 0.339 e. The van der Waals surface area contributed by atoms with Crippen molar-refractivity contribution >= 4 is 23.5 Å². The molecule has 0 saturated carbocycles. The molecule has 0 aliphatic carbocycles. The van der Waals surface area contributed by atoms with Gasteiger partial charge in [0.25, 0.3) is 5.91 Å². The lowest BCUT2D eigenvalue weighted by Gasteiger charge is -2.20. The average Bonchev–Trinajstić information content (AvgIpc) is 2.58. The molecule has 0 saturated heterocycles. The van der Waals surface area contributed by atoms with E-state index in [1.165, 1.54) is 25.4 Å². The summed E-state index contributed by atoms with van der Waals surface area (Å²) in [6.07, 6.45) is 1.34. The van der Waals surface area contributed by atoms with E-state index in [4.69, 9.17) is 11.6 Å². The van der Waals surface area contributed by atoms with Gasteiger partial charge in [-0.15, -0.1) is 0 Å². The van der Waals surface area contributed by atoms with Crippen molar-refractivity contribution in [2.75, 3.05) is 13.7 Å². The number of esters is 1. The van der Waals surface area contributed by atoms with Gasteiger partial charge in [-0.2, -0.15) is 0 Å². The molecule has 120 valence electrons. The minimum atomic E-state index is -0.484. The molecule has 1 aromatic heterocycles. The van der Waals surface area contributed by atoms with Crippen molar-refractivity contribution in [3.63, 3.8) is 0 Å². The Bertz CT molecular complexity index is 701. The lowest BCUT2D eigenvalue weighted by Crippen LogP contribution is -2.31. The third kappa shape index (κ3) is 4.29. The maximum absolute atomic E-state index is 12.5. The van der Waals surface area contributed by atoms with Gasteiger partial charge in [-0.1, -0.05) is 23.7 Å². The summed E-state index contributed by atoms with van der Waals surface area (Å²) in [6.45, 7) is 2.87.